The number of carbonyl (C=O) groups is 1. The van der Waals surface area contributed by atoms with E-state index >= 15 is 0 Å². The summed E-state index contributed by atoms with van der Waals surface area (Å²) >= 11 is 0. The highest BCUT2D eigenvalue weighted by atomic mass is 16.2. The molecular weight excluding hydrogens is 264 g/mol. The van der Waals surface area contributed by atoms with Gasteiger partial charge in [-0.25, -0.2) is 0 Å². The van der Waals surface area contributed by atoms with Gasteiger partial charge in [-0.1, -0.05) is 19.8 Å². The minimum absolute atomic E-state index is 0.0898. The van der Waals surface area contributed by atoms with Crippen molar-refractivity contribution in [1.29, 1.82) is 0 Å². The number of rotatable bonds is 3. The molecule has 5 heteroatoms. The van der Waals surface area contributed by atoms with Crippen molar-refractivity contribution in [3.8, 4) is 0 Å². The Labute approximate surface area is 126 Å². The van der Waals surface area contributed by atoms with Crippen molar-refractivity contribution >= 4 is 11.7 Å². The molecule has 1 unspecified atom stereocenters. The van der Waals surface area contributed by atoms with Crippen LogP contribution in [-0.2, 0) is 0 Å². The van der Waals surface area contributed by atoms with E-state index in [0.717, 1.165) is 31.7 Å². The lowest BCUT2D eigenvalue weighted by Crippen LogP contribution is -2.35. The van der Waals surface area contributed by atoms with Crippen LogP contribution in [0.4, 0.5) is 5.82 Å². The standard InChI is InChI=1S/C16H24N4O/c1-12-5-4-10-20(11-12)15-9-8-14(18-19-15)16(21)17-13-6-2-3-7-13/h8-9,12-13H,2-7,10-11H2,1H3,(H,17,21). The summed E-state index contributed by atoms with van der Waals surface area (Å²) in [7, 11) is 0. The van der Waals surface area contributed by atoms with Gasteiger partial charge in [0.25, 0.3) is 5.91 Å². The lowest BCUT2D eigenvalue weighted by atomic mass is 10.0. The summed E-state index contributed by atoms with van der Waals surface area (Å²) in [6.45, 7) is 4.33. The topological polar surface area (TPSA) is 58.1 Å². The molecule has 1 aliphatic heterocycles. The zero-order chi connectivity index (χ0) is 14.7. The van der Waals surface area contributed by atoms with Crippen LogP contribution in [0.2, 0.25) is 0 Å². The molecule has 1 atom stereocenters. The van der Waals surface area contributed by atoms with Crippen molar-refractivity contribution < 1.29 is 4.79 Å². The largest absolute Gasteiger partial charge is 0.355 e. The van der Waals surface area contributed by atoms with Crippen LogP contribution in [0.1, 0.15) is 55.9 Å². The third kappa shape index (κ3) is 3.52. The maximum Gasteiger partial charge on any atom is 0.272 e. The molecule has 2 fully saturated rings. The summed E-state index contributed by atoms with van der Waals surface area (Å²) < 4.78 is 0. The quantitative estimate of drug-likeness (QED) is 0.928. The van der Waals surface area contributed by atoms with E-state index in [1.807, 2.05) is 6.07 Å². The van der Waals surface area contributed by atoms with Gasteiger partial charge in [0.15, 0.2) is 11.5 Å². The van der Waals surface area contributed by atoms with Gasteiger partial charge in [0.05, 0.1) is 0 Å². The maximum atomic E-state index is 12.1. The first-order valence-corrected chi connectivity index (χ1v) is 8.12. The first-order valence-electron chi connectivity index (χ1n) is 8.12. The Morgan fingerprint density at radius 1 is 1.19 bits per heavy atom. The van der Waals surface area contributed by atoms with Crippen LogP contribution in [-0.4, -0.2) is 35.2 Å². The molecule has 2 aliphatic rings. The van der Waals surface area contributed by atoms with E-state index in [-0.39, 0.29) is 5.91 Å². The summed E-state index contributed by atoms with van der Waals surface area (Å²) in [4.78, 5) is 14.4. The van der Waals surface area contributed by atoms with Gasteiger partial charge in [-0.2, -0.15) is 0 Å². The smallest absolute Gasteiger partial charge is 0.272 e. The number of nitrogens with zero attached hydrogens (tertiary/aromatic N) is 3. The molecule has 1 amide bonds. The third-order valence-corrected chi connectivity index (χ3v) is 4.55. The van der Waals surface area contributed by atoms with Gasteiger partial charge in [0.2, 0.25) is 0 Å². The van der Waals surface area contributed by atoms with Crippen molar-refractivity contribution in [2.75, 3.05) is 18.0 Å². The van der Waals surface area contributed by atoms with Crippen LogP contribution >= 0.6 is 0 Å². The number of aromatic nitrogens is 2. The number of hydrogen-bond donors (Lipinski definition) is 1. The number of piperidine rings is 1. The molecule has 3 rings (SSSR count). The zero-order valence-corrected chi connectivity index (χ0v) is 12.7. The normalized spacial score (nSPS) is 23.3. The van der Waals surface area contributed by atoms with Gasteiger partial charge in [-0.05, 0) is 43.7 Å². The molecule has 21 heavy (non-hydrogen) atoms. The number of nitrogens with one attached hydrogen (secondary N) is 1. The van der Waals surface area contributed by atoms with Crippen molar-refractivity contribution in [2.45, 2.75) is 51.5 Å². The highest BCUT2D eigenvalue weighted by molar-refractivity contribution is 5.92. The average Bonchev–Trinajstić information content (AvgIpc) is 3.00. The fraction of sp³-hybridized carbons (Fsp3) is 0.688. The van der Waals surface area contributed by atoms with Crippen molar-refractivity contribution in [2.24, 2.45) is 5.92 Å². The highest BCUT2D eigenvalue weighted by Crippen LogP contribution is 2.21. The summed E-state index contributed by atoms with van der Waals surface area (Å²) in [5, 5.41) is 11.4. The van der Waals surface area contributed by atoms with E-state index in [1.165, 1.54) is 25.7 Å². The Morgan fingerprint density at radius 3 is 2.67 bits per heavy atom. The Kier molecular flexibility index (Phi) is 4.36. The maximum absolute atomic E-state index is 12.1. The molecule has 1 aromatic rings. The Morgan fingerprint density at radius 2 is 2.00 bits per heavy atom. The predicted octanol–water partition coefficient (Wildman–Crippen LogP) is 2.39. The van der Waals surface area contributed by atoms with Gasteiger partial charge < -0.3 is 10.2 Å². The fourth-order valence-corrected chi connectivity index (χ4v) is 3.34. The van der Waals surface area contributed by atoms with Gasteiger partial charge in [-0.3, -0.25) is 4.79 Å². The van der Waals surface area contributed by atoms with Crippen LogP contribution in [0.5, 0.6) is 0 Å². The first kappa shape index (κ1) is 14.3. The second kappa shape index (κ2) is 6.41. The molecular formula is C16H24N4O. The molecule has 2 heterocycles. The molecule has 0 bridgehead atoms. The van der Waals surface area contributed by atoms with Crippen molar-refractivity contribution in [3.05, 3.63) is 17.8 Å². The van der Waals surface area contributed by atoms with E-state index in [9.17, 15) is 4.79 Å². The van der Waals surface area contributed by atoms with Crippen LogP contribution in [0.15, 0.2) is 12.1 Å². The second-order valence-electron chi connectivity index (χ2n) is 6.43. The van der Waals surface area contributed by atoms with Crippen LogP contribution in [0.25, 0.3) is 0 Å². The highest BCUT2D eigenvalue weighted by Gasteiger charge is 2.20. The summed E-state index contributed by atoms with van der Waals surface area (Å²) in [6.07, 6.45) is 7.08. The molecule has 0 spiro atoms. The Hall–Kier alpha value is -1.65. The summed E-state index contributed by atoms with van der Waals surface area (Å²) in [5.41, 5.74) is 0.427. The monoisotopic (exact) mass is 288 g/mol. The van der Waals surface area contributed by atoms with Gasteiger partial charge in [-0.15, -0.1) is 10.2 Å². The Bertz CT molecular complexity index is 482. The minimum Gasteiger partial charge on any atom is -0.355 e. The van der Waals surface area contributed by atoms with Crippen molar-refractivity contribution in [3.63, 3.8) is 0 Å². The van der Waals surface area contributed by atoms with Crippen LogP contribution < -0.4 is 10.2 Å². The lowest BCUT2D eigenvalue weighted by molar-refractivity contribution is 0.0932. The van der Waals surface area contributed by atoms with Crippen LogP contribution in [0.3, 0.4) is 0 Å². The van der Waals surface area contributed by atoms with Gasteiger partial charge in [0.1, 0.15) is 0 Å². The molecule has 0 aromatic carbocycles. The SMILES string of the molecule is CC1CCCN(c2ccc(C(=O)NC3CCCC3)nn2)C1. The van der Waals surface area contributed by atoms with E-state index < -0.39 is 0 Å². The van der Waals surface area contributed by atoms with Crippen molar-refractivity contribution in [1.82, 2.24) is 15.5 Å². The fourth-order valence-electron chi connectivity index (χ4n) is 3.34. The van der Waals surface area contributed by atoms with Gasteiger partial charge in [0, 0.05) is 19.1 Å². The number of anilines is 1. The number of carbonyl (C=O) groups excluding carboxylic acids is 1. The first-order chi connectivity index (χ1) is 10.2. The molecule has 1 saturated carbocycles. The van der Waals surface area contributed by atoms with E-state index in [0.29, 0.717) is 17.7 Å². The van der Waals surface area contributed by atoms with Crippen LogP contribution in [0, 0.1) is 5.92 Å². The van der Waals surface area contributed by atoms with E-state index in [1.54, 1.807) is 6.07 Å². The lowest BCUT2D eigenvalue weighted by Gasteiger charge is -2.31. The van der Waals surface area contributed by atoms with Gasteiger partial charge >= 0.3 is 0 Å². The molecule has 1 saturated heterocycles. The minimum atomic E-state index is -0.0898. The molecule has 0 radical (unpaired) electrons. The molecule has 1 aromatic heterocycles. The molecule has 114 valence electrons. The number of amides is 1. The molecule has 1 N–H and O–H groups in total. The third-order valence-electron chi connectivity index (χ3n) is 4.55. The van der Waals surface area contributed by atoms with E-state index in [4.69, 9.17) is 0 Å². The van der Waals surface area contributed by atoms with E-state index in [2.05, 4.69) is 27.3 Å². The Balaban J connectivity index is 1.61. The summed E-state index contributed by atoms with van der Waals surface area (Å²) in [5.74, 6) is 1.50. The predicted molar refractivity (Wildman–Crippen MR) is 82.4 cm³/mol. The molecule has 1 aliphatic carbocycles. The zero-order valence-electron chi connectivity index (χ0n) is 12.7. The summed E-state index contributed by atoms with van der Waals surface area (Å²) in [6, 6.07) is 4.04. The average molecular weight is 288 g/mol. The molecule has 5 nitrogen and oxygen atoms in total. The second-order valence-corrected chi connectivity index (χ2v) is 6.43. The number of hydrogen-bond acceptors (Lipinski definition) is 4.